The van der Waals surface area contributed by atoms with E-state index in [9.17, 15) is 13.6 Å². The van der Waals surface area contributed by atoms with Crippen LogP contribution in [0.1, 0.15) is 17.6 Å². The summed E-state index contributed by atoms with van der Waals surface area (Å²) in [7, 11) is 1.28. The average molecular weight is 243 g/mol. The van der Waals surface area contributed by atoms with E-state index in [-0.39, 0.29) is 12.1 Å². The smallest absolute Gasteiger partial charge is 0.310 e. The summed E-state index contributed by atoms with van der Waals surface area (Å²) in [5.74, 6) is -0.914. The van der Waals surface area contributed by atoms with Gasteiger partial charge in [0.25, 0.3) is 6.43 Å². The Kier molecular flexibility index (Phi) is 5.03. The van der Waals surface area contributed by atoms with Gasteiger partial charge in [-0.15, -0.1) is 0 Å². The highest BCUT2D eigenvalue weighted by Crippen LogP contribution is 2.20. The minimum absolute atomic E-state index is 0.0527. The molecule has 1 aromatic rings. The van der Waals surface area contributed by atoms with Crippen molar-refractivity contribution >= 4 is 5.97 Å². The van der Waals surface area contributed by atoms with Crippen LogP contribution in [0.25, 0.3) is 0 Å². The molecule has 1 atom stereocenters. The Balaban J connectivity index is 2.79. The summed E-state index contributed by atoms with van der Waals surface area (Å²) in [6.45, 7) is 0.131. The summed E-state index contributed by atoms with van der Waals surface area (Å²) in [5.41, 5.74) is 6.05. The van der Waals surface area contributed by atoms with Gasteiger partial charge in [-0.25, -0.2) is 8.78 Å². The number of hydrogen-bond acceptors (Lipinski definition) is 3. The summed E-state index contributed by atoms with van der Waals surface area (Å²) in [6, 6.07) is 5.97. The largest absolute Gasteiger partial charge is 0.469 e. The molecule has 0 aliphatic heterocycles. The number of alkyl halides is 2. The molecule has 0 aliphatic carbocycles. The summed E-state index contributed by atoms with van der Waals surface area (Å²) in [4.78, 5) is 11.3. The summed E-state index contributed by atoms with van der Waals surface area (Å²) < 4.78 is 29.5. The van der Waals surface area contributed by atoms with Gasteiger partial charge < -0.3 is 10.5 Å². The van der Waals surface area contributed by atoms with Gasteiger partial charge in [0.2, 0.25) is 0 Å². The van der Waals surface area contributed by atoms with Crippen molar-refractivity contribution in [2.75, 3.05) is 13.7 Å². The molecule has 0 bridgehead atoms. The lowest BCUT2D eigenvalue weighted by Gasteiger charge is -2.12. The highest BCUT2D eigenvalue weighted by atomic mass is 19.3. The lowest BCUT2D eigenvalue weighted by Crippen LogP contribution is -2.26. The zero-order valence-electron chi connectivity index (χ0n) is 9.53. The van der Waals surface area contributed by atoms with Crippen molar-refractivity contribution in [3.63, 3.8) is 0 Å². The zero-order valence-corrected chi connectivity index (χ0v) is 9.53. The van der Waals surface area contributed by atoms with Crippen LogP contribution < -0.4 is 5.73 Å². The maximum Gasteiger partial charge on any atom is 0.310 e. The number of nitrogens with two attached hydrogens (primary N) is 1. The first-order valence-electron chi connectivity index (χ1n) is 5.23. The predicted molar refractivity (Wildman–Crippen MR) is 59.7 cm³/mol. The molecule has 0 amide bonds. The summed E-state index contributed by atoms with van der Waals surface area (Å²) in [6.07, 6.45) is -2.20. The van der Waals surface area contributed by atoms with Crippen LogP contribution in [-0.4, -0.2) is 19.6 Å². The molecule has 0 heterocycles. The van der Waals surface area contributed by atoms with Crippen LogP contribution in [-0.2, 0) is 16.0 Å². The molecule has 1 unspecified atom stereocenters. The van der Waals surface area contributed by atoms with Gasteiger partial charge in [0.15, 0.2) is 0 Å². The molecule has 1 aromatic carbocycles. The molecule has 3 nitrogen and oxygen atoms in total. The highest BCUT2D eigenvalue weighted by molar-refractivity contribution is 5.72. The van der Waals surface area contributed by atoms with E-state index < -0.39 is 18.3 Å². The normalized spacial score (nSPS) is 12.5. The summed E-state index contributed by atoms with van der Waals surface area (Å²) in [5, 5.41) is 0. The molecule has 2 N–H and O–H groups in total. The van der Waals surface area contributed by atoms with Crippen molar-refractivity contribution in [1.29, 1.82) is 0 Å². The van der Waals surface area contributed by atoms with Gasteiger partial charge in [-0.1, -0.05) is 24.3 Å². The molecular formula is C12H15F2NO2. The number of carbonyl (C=O) groups excluding carboxylic acids is 1. The molecule has 17 heavy (non-hydrogen) atoms. The van der Waals surface area contributed by atoms with Crippen LogP contribution in [0.5, 0.6) is 0 Å². The lowest BCUT2D eigenvalue weighted by molar-refractivity contribution is -0.145. The second-order valence-electron chi connectivity index (χ2n) is 3.71. The van der Waals surface area contributed by atoms with Gasteiger partial charge >= 0.3 is 5.97 Å². The fraction of sp³-hybridized carbons (Fsp3) is 0.417. The molecule has 0 saturated heterocycles. The first-order valence-corrected chi connectivity index (χ1v) is 5.23. The molecule has 0 saturated carbocycles. The van der Waals surface area contributed by atoms with E-state index in [1.165, 1.54) is 19.2 Å². The molecule has 0 aliphatic rings. The van der Waals surface area contributed by atoms with Gasteiger partial charge in [-0.05, 0) is 12.0 Å². The molecule has 5 heteroatoms. The van der Waals surface area contributed by atoms with Crippen molar-refractivity contribution in [2.24, 2.45) is 11.7 Å². The molecule has 1 rings (SSSR count). The maximum absolute atomic E-state index is 12.5. The van der Waals surface area contributed by atoms with Crippen molar-refractivity contribution in [3.05, 3.63) is 35.4 Å². The van der Waals surface area contributed by atoms with Gasteiger partial charge in [0, 0.05) is 12.1 Å². The summed E-state index contributed by atoms with van der Waals surface area (Å²) >= 11 is 0. The van der Waals surface area contributed by atoms with Crippen molar-refractivity contribution in [1.82, 2.24) is 0 Å². The number of ether oxygens (including phenoxy) is 1. The zero-order chi connectivity index (χ0) is 12.8. The number of carbonyl (C=O) groups is 1. The van der Waals surface area contributed by atoms with E-state index in [4.69, 9.17) is 5.73 Å². The Morgan fingerprint density at radius 3 is 2.71 bits per heavy atom. The number of hydrogen-bond donors (Lipinski definition) is 1. The van der Waals surface area contributed by atoms with Gasteiger partial charge in [-0.3, -0.25) is 4.79 Å². The fourth-order valence-electron chi connectivity index (χ4n) is 1.57. The van der Waals surface area contributed by atoms with Crippen LogP contribution in [0.4, 0.5) is 8.78 Å². The van der Waals surface area contributed by atoms with E-state index >= 15 is 0 Å². The first kappa shape index (κ1) is 13.6. The highest BCUT2D eigenvalue weighted by Gasteiger charge is 2.18. The first-order chi connectivity index (χ1) is 8.08. The Bertz CT molecular complexity index is 383. The molecule has 0 fully saturated rings. The van der Waals surface area contributed by atoms with E-state index in [2.05, 4.69) is 4.74 Å². The van der Waals surface area contributed by atoms with E-state index in [0.717, 1.165) is 0 Å². The molecule has 0 aromatic heterocycles. The van der Waals surface area contributed by atoms with Crippen LogP contribution >= 0.6 is 0 Å². The molecule has 0 radical (unpaired) electrons. The van der Waals surface area contributed by atoms with E-state index in [0.29, 0.717) is 12.0 Å². The van der Waals surface area contributed by atoms with Crippen LogP contribution in [0.3, 0.4) is 0 Å². The standard InChI is InChI=1S/C12H15F2NO2/c1-17-12(16)10(7-15)6-8-3-2-4-9(5-8)11(13)14/h2-5,10-11H,6-7,15H2,1H3. The maximum atomic E-state index is 12.5. The Labute approximate surface area is 98.6 Å². The Morgan fingerprint density at radius 1 is 1.47 bits per heavy atom. The van der Waals surface area contributed by atoms with Crippen molar-refractivity contribution in [2.45, 2.75) is 12.8 Å². The lowest BCUT2D eigenvalue weighted by atomic mass is 9.98. The van der Waals surface area contributed by atoms with Crippen LogP contribution in [0.15, 0.2) is 24.3 Å². The monoisotopic (exact) mass is 243 g/mol. The van der Waals surface area contributed by atoms with Crippen LogP contribution in [0.2, 0.25) is 0 Å². The predicted octanol–water partition coefficient (Wildman–Crippen LogP) is 1.91. The van der Waals surface area contributed by atoms with Crippen LogP contribution in [0, 0.1) is 5.92 Å². The van der Waals surface area contributed by atoms with Crippen molar-refractivity contribution < 1.29 is 18.3 Å². The minimum atomic E-state index is -2.51. The second kappa shape index (κ2) is 6.30. The van der Waals surface area contributed by atoms with E-state index in [1.54, 1.807) is 12.1 Å². The number of halogens is 2. The van der Waals surface area contributed by atoms with Gasteiger partial charge in [0.1, 0.15) is 0 Å². The fourth-order valence-corrected chi connectivity index (χ4v) is 1.57. The number of rotatable bonds is 5. The molecule has 94 valence electrons. The third-order valence-electron chi connectivity index (χ3n) is 2.50. The van der Waals surface area contributed by atoms with Gasteiger partial charge in [-0.2, -0.15) is 0 Å². The second-order valence-corrected chi connectivity index (χ2v) is 3.71. The quantitative estimate of drug-likeness (QED) is 0.804. The Morgan fingerprint density at radius 2 is 2.18 bits per heavy atom. The average Bonchev–Trinajstić information content (AvgIpc) is 2.35. The molecule has 0 spiro atoms. The third-order valence-corrected chi connectivity index (χ3v) is 2.50. The topological polar surface area (TPSA) is 52.3 Å². The third kappa shape index (κ3) is 3.78. The minimum Gasteiger partial charge on any atom is -0.469 e. The number of methoxy groups -OCH3 is 1. The molecular weight excluding hydrogens is 228 g/mol. The SMILES string of the molecule is COC(=O)C(CN)Cc1cccc(C(F)F)c1. The Hall–Kier alpha value is -1.49. The van der Waals surface area contributed by atoms with Crippen molar-refractivity contribution in [3.8, 4) is 0 Å². The number of esters is 1. The van der Waals surface area contributed by atoms with E-state index in [1.807, 2.05) is 0 Å². The number of benzene rings is 1. The van der Waals surface area contributed by atoms with Gasteiger partial charge in [0.05, 0.1) is 13.0 Å².